The van der Waals surface area contributed by atoms with Crippen molar-refractivity contribution in [3.05, 3.63) is 6.75 Å². The SMILES string of the molecule is C=[CH][K].O[Si](O)(O)O. The van der Waals surface area contributed by atoms with Crippen LogP contribution in [0.5, 0.6) is 0 Å². The number of rotatable bonds is 0. The molecule has 0 saturated heterocycles. The molecule has 0 aliphatic heterocycles. The van der Waals surface area contributed by atoms with Crippen LogP contribution < -0.4 is 0 Å². The van der Waals surface area contributed by atoms with Gasteiger partial charge in [0, 0.05) is 0 Å². The van der Waals surface area contributed by atoms with Gasteiger partial charge in [0.15, 0.2) is 0 Å². The second-order valence-electron chi connectivity index (χ2n) is 1.01. The minimum atomic E-state index is -4.61. The molecule has 0 aromatic heterocycles. The Morgan fingerprint density at radius 3 is 1.25 bits per heavy atom. The van der Waals surface area contributed by atoms with E-state index < -0.39 is 9.05 Å². The minimum Gasteiger partial charge on any atom is -0.368 e. The molecule has 6 heteroatoms. The summed E-state index contributed by atoms with van der Waals surface area (Å²) in [5.74, 6) is 0. The summed E-state index contributed by atoms with van der Waals surface area (Å²) in [6, 6.07) is 0. The van der Waals surface area contributed by atoms with E-state index in [-0.39, 0.29) is 0 Å². The topological polar surface area (TPSA) is 80.9 Å². The first kappa shape index (κ1) is 12.1. The van der Waals surface area contributed by atoms with Gasteiger partial charge in [0.05, 0.1) is 0 Å². The van der Waals surface area contributed by atoms with E-state index in [0.717, 1.165) is 49.0 Å². The van der Waals surface area contributed by atoms with Crippen LogP contribution in [0.1, 0.15) is 0 Å². The smallest absolute Gasteiger partial charge is 0.368 e. The Hall–Kier alpha value is 1.43. The fourth-order valence-corrected chi connectivity index (χ4v) is 0. The summed E-state index contributed by atoms with van der Waals surface area (Å²) >= 11 is 0.868. The Morgan fingerprint density at radius 2 is 1.25 bits per heavy atom. The summed E-state index contributed by atoms with van der Waals surface area (Å²) in [6.45, 7) is 3.44. The third kappa shape index (κ3) is 150. The van der Waals surface area contributed by atoms with E-state index >= 15 is 0 Å². The summed E-state index contributed by atoms with van der Waals surface area (Å²) in [4.78, 5) is 29.3. The van der Waals surface area contributed by atoms with Crippen LogP contribution in [0, 0.1) is 0 Å². The van der Waals surface area contributed by atoms with Crippen LogP contribution >= 0.6 is 0 Å². The number of hydrogen-bond donors (Lipinski definition) is 4. The van der Waals surface area contributed by atoms with Gasteiger partial charge in [0.2, 0.25) is 0 Å². The first-order valence-corrected chi connectivity index (χ1v) is 5.47. The molecule has 0 bridgehead atoms. The van der Waals surface area contributed by atoms with Crippen molar-refractivity contribution in [2.45, 2.75) is 0 Å². The summed E-state index contributed by atoms with van der Waals surface area (Å²) in [5.41, 5.74) is 0. The molecular formula is C2H7KO4Si. The van der Waals surface area contributed by atoms with Crippen LogP contribution in [-0.4, -0.2) is 77.2 Å². The van der Waals surface area contributed by atoms with Crippen LogP contribution in [0.4, 0.5) is 0 Å². The quantitative estimate of drug-likeness (QED) is 0.302. The maximum Gasteiger partial charge on any atom is 0.668 e. The molecule has 0 amide bonds. The van der Waals surface area contributed by atoms with Crippen molar-refractivity contribution in [2.24, 2.45) is 0 Å². The van der Waals surface area contributed by atoms with Crippen molar-refractivity contribution in [2.75, 3.05) is 0 Å². The van der Waals surface area contributed by atoms with E-state index in [4.69, 9.17) is 19.2 Å². The van der Waals surface area contributed by atoms with Crippen LogP contribution in [-0.2, 0) is 0 Å². The molecule has 4 N–H and O–H groups in total. The zero-order valence-corrected chi connectivity index (χ0v) is 8.70. The van der Waals surface area contributed by atoms with E-state index in [0.29, 0.717) is 0 Å². The summed E-state index contributed by atoms with van der Waals surface area (Å²) in [7, 11) is -4.61. The van der Waals surface area contributed by atoms with Gasteiger partial charge in [0.25, 0.3) is 0 Å². The van der Waals surface area contributed by atoms with Gasteiger partial charge in [-0.3, -0.25) is 0 Å². The monoisotopic (exact) mass is 162 g/mol. The standard InChI is InChI=1S/C2H3.K.H4O4Si/c1-2;;1-5(2,3)4/h1H,2H2;;1-4H. The summed E-state index contributed by atoms with van der Waals surface area (Å²) < 4.78 is 1.94. The van der Waals surface area contributed by atoms with Crippen molar-refractivity contribution < 1.29 is 19.2 Å². The van der Waals surface area contributed by atoms with Crippen LogP contribution in [0.25, 0.3) is 0 Å². The molecular weight excluding hydrogens is 155 g/mol. The van der Waals surface area contributed by atoms with Crippen molar-refractivity contribution in [3.8, 4) is 0 Å². The van der Waals surface area contributed by atoms with Gasteiger partial charge < -0.3 is 19.2 Å². The Balaban J connectivity index is 0. The zero-order valence-electron chi connectivity index (χ0n) is 4.57. The maximum absolute atomic E-state index is 7.33. The molecule has 0 atom stereocenters. The number of hydrogen-bond acceptors (Lipinski definition) is 4. The normalized spacial score (nSPS) is 9.25. The largest absolute Gasteiger partial charge is 0.668 e. The Bertz CT molecular complexity index is 53.5. The van der Waals surface area contributed by atoms with Gasteiger partial charge in [-0.05, 0) is 0 Å². The van der Waals surface area contributed by atoms with Gasteiger partial charge in [-0.1, -0.05) is 0 Å². The fourth-order valence-electron chi connectivity index (χ4n) is 0. The molecule has 0 spiro atoms. The molecule has 0 radical (unpaired) electrons. The predicted molar refractivity (Wildman–Crippen MR) is 30.6 cm³/mol. The molecule has 0 fully saturated rings. The third-order valence-electron chi connectivity index (χ3n) is 0. The van der Waals surface area contributed by atoms with E-state index in [2.05, 4.69) is 6.58 Å². The molecule has 0 heterocycles. The van der Waals surface area contributed by atoms with E-state index in [1.54, 1.807) is 0 Å². The molecule has 4 nitrogen and oxygen atoms in total. The zero-order chi connectivity index (χ0) is 7.21. The second-order valence-corrected chi connectivity index (χ2v) is 3.48. The molecule has 44 valence electrons. The molecule has 0 aliphatic rings. The summed E-state index contributed by atoms with van der Waals surface area (Å²) in [5, 5.41) is 0. The van der Waals surface area contributed by atoms with Crippen LogP contribution in [0.3, 0.4) is 0 Å². The van der Waals surface area contributed by atoms with Gasteiger partial charge in [-0.2, -0.15) is 0 Å². The van der Waals surface area contributed by atoms with Gasteiger partial charge in [-0.25, -0.2) is 0 Å². The van der Waals surface area contributed by atoms with Crippen LogP contribution in [0.2, 0.25) is 0 Å². The van der Waals surface area contributed by atoms with Gasteiger partial charge in [0.1, 0.15) is 0 Å². The average molecular weight is 162 g/mol. The molecule has 0 aromatic carbocycles. The van der Waals surface area contributed by atoms with Crippen LogP contribution in [0.15, 0.2) is 6.75 Å². The van der Waals surface area contributed by atoms with Crippen molar-refractivity contribution in [1.29, 1.82) is 0 Å². The fraction of sp³-hybridized carbons (Fsp3) is 0. The Morgan fingerprint density at radius 1 is 1.25 bits per heavy atom. The van der Waals surface area contributed by atoms with Crippen molar-refractivity contribution in [3.63, 3.8) is 0 Å². The Labute approximate surface area is 82.6 Å². The van der Waals surface area contributed by atoms with Gasteiger partial charge >= 0.3 is 64.8 Å². The first-order valence-electron chi connectivity index (χ1n) is 1.88. The second kappa shape index (κ2) is 6.55. The van der Waals surface area contributed by atoms with E-state index in [1.165, 1.54) is 0 Å². The van der Waals surface area contributed by atoms with Crippen molar-refractivity contribution >= 4 is 58.0 Å². The first-order chi connectivity index (χ1) is 3.41. The van der Waals surface area contributed by atoms with Gasteiger partial charge in [-0.15, -0.1) is 0 Å². The molecule has 0 aromatic rings. The average Bonchev–Trinajstić information content (AvgIpc) is 1.27. The molecule has 0 rings (SSSR count). The molecule has 0 saturated carbocycles. The minimum absolute atomic E-state index is 0.868. The molecule has 8 heavy (non-hydrogen) atoms. The van der Waals surface area contributed by atoms with Crippen molar-refractivity contribution in [1.82, 2.24) is 0 Å². The maximum atomic E-state index is 7.33. The molecule has 0 unspecified atom stereocenters. The predicted octanol–water partition coefficient (Wildman–Crippen LogP) is -2.31. The Kier molecular flexibility index (Phi) is 9.94. The molecule has 0 aliphatic carbocycles. The van der Waals surface area contributed by atoms with E-state index in [9.17, 15) is 0 Å². The van der Waals surface area contributed by atoms with E-state index in [1.807, 2.05) is 0.171 Å². The third-order valence-corrected chi connectivity index (χ3v) is 0. The summed E-state index contributed by atoms with van der Waals surface area (Å²) in [6.07, 6.45) is 0.